The number of hydrogen-bond donors (Lipinski definition) is 1. The number of hydrogen-bond acceptors (Lipinski definition) is 4. The molecular weight excluding hydrogens is 240 g/mol. The Balaban J connectivity index is 1.94. The number of likely N-dealkylation sites (tertiary alicyclic amines) is 1. The molecule has 4 nitrogen and oxygen atoms in total. The zero-order valence-corrected chi connectivity index (χ0v) is 11.7. The van der Waals surface area contributed by atoms with E-state index in [1.807, 2.05) is 18.2 Å². The second-order valence-corrected chi connectivity index (χ2v) is 5.16. The van der Waals surface area contributed by atoms with Gasteiger partial charge in [-0.25, -0.2) is 4.79 Å². The minimum Gasteiger partial charge on any atom is -0.465 e. The highest BCUT2D eigenvalue weighted by atomic mass is 16.5. The average molecular weight is 262 g/mol. The number of carbonyl (C=O) groups excluding carboxylic acids is 1. The SMILES string of the molecule is COC(=O)c1ccccc1NCC1CCN(C)CC1. The van der Waals surface area contributed by atoms with Crippen LogP contribution in [0.4, 0.5) is 5.69 Å². The van der Waals surface area contributed by atoms with Gasteiger partial charge in [-0.2, -0.15) is 0 Å². The molecule has 1 heterocycles. The lowest BCUT2D eigenvalue weighted by atomic mass is 9.97. The molecule has 0 unspecified atom stereocenters. The van der Waals surface area contributed by atoms with Gasteiger partial charge in [0.1, 0.15) is 0 Å². The number of piperidine rings is 1. The molecule has 0 aliphatic carbocycles. The highest BCUT2D eigenvalue weighted by Gasteiger charge is 2.17. The number of anilines is 1. The lowest BCUT2D eigenvalue weighted by Gasteiger charge is -2.29. The number of carbonyl (C=O) groups is 1. The minimum absolute atomic E-state index is 0.286. The van der Waals surface area contributed by atoms with E-state index in [1.54, 1.807) is 6.07 Å². The molecule has 0 bridgehead atoms. The number of methoxy groups -OCH3 is 1. The van der Waals surface area contributed by atoms with E-state index in [2.05, 4.69) is 17.3 Å². The Morgan fingerprint density at radius 3 is 2.74 bits per heavy atom. The molecule has 1 aliphatic heterocycles. The Bertz CT molecular complexity index is 426. The van der Waals surface area contributed by atoms with Crippen LogP contribution in [0.25, 0.3) is 0 Å². The van der Waals surface area contributed by atoms with Gasteiger partial charge in [0, 0.05) is 12.2 Å². The summed E-state index contributed by atoms with van der Waals surface area (Å²) >= 11 is 0. The Labute approximate surface area is 114 Å². The third-order valence-corrected chi connectivity index (χ3v) is 3.75. The fraction of sp³-hybridized carbons (Fsp3) is 0.533. The van der Waals surface area contributed by atoms with Crippen molar-refractivity contribution in [2.75, 3.05) is 39.1 Å². The summed E-state index contributed by atoms with van der Waals surface area (Å²) in [5.41, 5.74) is 1.48. The summed E-state index contributed by atoms with van der Waals surface area (Å²) in [7, 11) is 3.58. The van der Waals surface area contributed by atoms with Crippen LogP contribution < -0.4 is 5.32 Å². The number of nitrogens with zero attached hydrogens (tertiary/aromatic N) is 1. The predicted octanol–water partition coefficient (Wildman–Crippen LogP) is 2.23. The fourth-order valence-corrected chi connectivity index (χ4v) is 2.45. The summed E-state index contributed by atoms with van der Waals surface area (Å²) in [6.45, 7) is 3.23. The van der Waals surface area contributed by atoms with Crippen LogP contribution in [0.3, 0.4) is 0 Å². The molecule has 1 N–H and O–H groups in total. The molecule has 1 saturated heterocycles. The van der Waals surface area contributed by atoms with Crippen LogP contribution in [0.15, 0.2) is 24.3 Å². The molecule has 0 radical (unpaired) electrons. The highest BCUT2D eigenvalue weighted by molar-refractivity contribution is 5.95. The Hall–Kier alpha value is -1.55. The average Bonchev–Trinajstić information content (AvgIpc) is 2.46. The third-order valence-electron chi connectivity index (χ3n) is 3.75. The van der Waals surface area contributed by atoms with Gasteiger partial charge in [-0.15, -0.1) is 0 Å². The maximum atomic E-state index is 11.7. The van der Waals surface area contributed by atoms with E-state index in [9.17, 15) is 4.79 Å². The van der Waals surface area contributed by atoms with Crippen molar-refractivity contribution < 1.29 is 9.53 Å². The second-order valence-electron chi connectivity index (χ2n) is 5.16. The largest absolute Gasteiger partial charge is 0.465 e. The molecule has 1 fully saturated rings. The number of ether oxygens (including phenoxy) is 1. The second kappa shape index (κ2) is 6.57. The number of esters is 1. The maximum absolute atomic E-state index is 11.7. The van der Waals surface area contributed by atoms with Crippen LogP contribution in [0, 0.1) is 5.92 Å². The van der Waals surface area contributed by atoms with E-state index in [-0.39, 0.29) is 5.97 Å². The first-order valence-electron chi connectivity index (χ1n) is 6.80. The number of benzene rings is 1. The zero-order valence-electron chi connectivity index (χ0n) is 11.7. The Morgan fingerprint density at radius 2 is 2.05 bits per heavy atom. The van der Waals surface area contributed by atoms with Gasteiger partial charge in [0.25, 0.3) is 0 Å². The quantitative estimate of drug-likeness (QED) is 0.845. The van der Waals surface area contributed by atoms with Crippen molar-refractivity contribution >= 4 is 11.7 Å². The van der Waals surface area contributed by atoms with Gasteiger partial charge in [-0.1, -0.05) is 12.1 Å². The molecular formula is C15H22N2O2. The van der Waals surface area contributed by atoms with Gasteiger partial charge < -0.3 is 15.0 Å². The van der Waals surface area contributed by atoms with Gasteiger partial charge in [0.15, 0.2) is 0 Å². The molecule has 1 aromatic rings. The molecule has 104 valence electrons. The van der Waals surface area contributed by atoms with Crippen molar-refractivity contribution in [3.8, 4) is 0 Å². The van der Waals surface area contributed by atoms with Crippen LogP contribution >= 0.6 is 0 Å². The van der Waals surface area contributed by atoms with Crippen molar-refractivity contribution in [1.82, 2.24) is 4.90 Å². The van der Waals surface area contributed by atoms with Crippen molar-refractivity contribution in [1.29, 1.82) is 0 Å². The van der Waals surface area contributed by atoms with Crippen LogP contribution in [0.5, 0.6) is 0 Å². The summed E-state index contributed by atoms with van der Waals surface area (Å²) in [5.74, 6) is 0.397. The molecule has 0 aromatic heterocycles. The predicted molar refractivity (Wildman–Crippen MR) is 76.5 cm³/mol. The normalized spacial score (nSPS) is 17.2. The maximum Gasteiger partial charge on any atom is 0.339 e. The number of rotatable bonds is 4. The van der Waals surface area contributed by atoms with E-state index in [4.69, 9.17) is 4.74 Å². The van der Waals surface area contributed by atoms with E-state index < -0.39 is 0 Å². The first kappa shape index (κ1) is 13.9. The topological polar surface area (TPSA) is 41.6 Å². The van der Waals surface area contributed by atoms with Gasteiger partial charge in [0.05, 0.1) is 12.7 Å². The van der Waals surface area contributed by atoms with E-state index >= 15 is 0 Å². The molecule has 2 rings (SSSR count). The highest BCUT2D eigenvalue weighted by Crippen LogP contribution is 2.20. The Kier molecular flexibility index (Phi) is 4.80. The molecule has 0 saturated carbocycles. The summed E-state index contributed by atoms with van der Waals surface area (Å²) in [6, 6.07) is 7.51. The molecule has 1 aliphatic rings. The van der Waals surface area contributed by atoms with Gasteiger partial charge in [-0.05, 0) is 51.0 Å². The van der Waals surface area contributed by atoms with Gasteiger partial charge >= 0.3 is 5.97 Å². The summed E-state index contributed by atoms with van der Waals surface area (Å²) in [5, 5.41) is 3.39. The lowest BCUT2D eigenvalue weighted by Crippen LogP contribution is -2.33. The van der Waals surface area contributed by atoms with Crippen LogP contribution in [-0.4, -0.2) is 44.7 Å². The molecule has 4 heteroatoms. The molecule has 19 heavy (non-hydrogen) atoms. The van der Waals surface area contributed by atoms with Crippen molar-refractivity contribution in [2.45, 2.75) is 12.8 Å². The van der Waals surface area contributed by atoms with Crippen molar-refractivity contribution in [3.05, 3.63) is 29.8 Å². The summed E-state index contributed by atoms with van der Waals surface area (Å²) in [4.78, 5) is 14.0. The van der Waals surface area contributed by atoms with Gasteiger partial charge in [0.2, 0.25) is 0 Å². The standard InChI is InChI=1S/C15H22N2O2/c1-17-9-7-12(8-10-17)11-16-14-6-4-3-5-13(14)15(18)19-2/h3-6,12,16H,7-11H2,1-2H3. The zero-order chi connectivity index (χ0) is 13.7. The molecule has 1 aromatic carbocycles. The first-order chi connectivity index (χ1) is 9.20. The van der Waals surface area contributed by atoms with E-state index in [0.29, 0.717) is 11.5 Å². The first-order valence-corrected chi connectivity index (χ1v) is 6.80. The minimum atomic E-state index is -0.286. The molecule has 0 spiro atoms. The van der Waals surface area contributed by atoms with Crippen LogP contribution in [0.2, 0.25) is 0 Å². The van der Waals surface area contributed by atoms with Crippen LogP contribution in [-0.2, 0) is 4.74 Å². The van der Waals surface area contributed by atoms with Crippen LogP contribution in [0.1, 0.15) is 23.2 Å². The fourth-order valence-electron chi connectivity index (χ4n) is 2.45. The van der Waals surface area contributed by atoms with E-state index in [1.165, 1.54) is 20.0 Å². The third kappa shape index (κ3) is 3.70. The summed E-state index contributed by atoms with van der Waals surface area (Å²) < 4.78 is 4.80. The lowest BCUT2D eigenvalue weighted by molar-refractivity contribution is 0.0602. The smallest absolute Gasteiger partial charge is 0.339 e. The Morgan fingerprint density at radius 1 is 1.37 bits per heavy atom. The monoisotopic (exact) mass is 262 g/mol. The molecule has 0 amide bonds. The molecule has 0 atom stereocenters. The van der Waals surface area contributed by atoms with Crippen molar-refractivity contribution in [2.24, 2.45) is 5.92 Å². The van der Waals surface area contributed by atoms with Gasteiger partial charge in [-0.3, -0.25) is 0 Å². The number of nitrogens with one attached hydrogen (secondary N) is 1. The van der Waals surface area contributed by atoms with Crippen molar-refractivity contribution in [3.63, 3.8) is 0 Å². The summed E-state index contributed by atoms with van der Waals surface area (Å²) in [6.07, 6.45) is 2.42. The number of para-hydroxylation sites is 1. The van der Waals surface area contributed by atoms with E-state index in [0.717, 1.165) is 25.3 Å².